The molecule has 5 aromatic carbocycles. The summed E-state index contributed by atoms with van der Waals surface area (Å²) in [4.78, 5) is 0. The first-order chi connectivity index (χ1) is 23.9. The van der Waals surface area contributed by atoms with Gasteiger partial charge in [-0.25, -0.2) is 0 Å². The fourth-order valence-corrected chi connectivity index (χ4v) is 88.1. The molecule has 0 N–H and O–H groups in total. The summed E-state index contributed by atoms with van der Waals surface area (Å²) in [6.45, 7) is 12.8. The van der Waals surface area contributed by atoms with Crippen LogP contribution in [0.3, 0.4) is 0 Å². The molecule has 0 spiro atoms. The van der Waals surface area contributed by atoms with E-state index >= 15 is 0 Å². The first-order valence-electron chi connectivity index (χ1n) is 18.9. The molecular weight excluding hydrogens is 771 g/mol. The van der Waals surface area contributed by atoms with Crippen LogP contribution in [0.15, 0.2) is 139 Å². The van der Waals surface area contributed by atoms with Gasteiger partial charge in [-0.3, -0.25) is 0 Å². The van der Waals surface area contributed by atoms with Gasteiger partial charge in [0, 0.05) is 0 Å². The molecule has 49 heavy (non-hydrogen) atoms. The molecule has 7 rings (SSSR count). The second-order valence-corrected chi connectivity index (χ2v) is 60.8. The summed E-state index contributed by atoms with van der Waals surface area (Å²) in [5.41, 5.74) is 15.1. The Labute approximate surface area is 297 Å². The van der Waals surface area contributed by atoms with Crippen molar-refractivity contribution in [3.8, 4) is 22.3 Å². The Morgan fingerprint density at radius 2 is 0.918 bits per heavy atom. The van der Waals surface area contributed by atoms with Crippen molar-refractivity contribution in [3.05, 3.63) is 161 Å². The van der Waals surface area contributed by atoms with E-state index in [0.29, 0.717) is 7.35 Å². The number of hydrogen-bond donors (Lipinski definition) is 0. The van der Waals surface area contributed by atoms with E-state index in [1.54, 1.807) is 27.5 Å². The SMILES string of the molecule is CCC[CH2][Hf]([CH2]CCC)([CH]1C(C)=Cc2c(-c3ccccc3)cccc21)([CH]1C(C)=Cc2c(-c3ccccc3)cccc21)[SiH](C)c1ccccc1. The molecular formula is C47H53HfSi. The van der Waals surface area contributed by atoms with Crippen LogP contribution in [0.1, 0.15) is 83.0 Å². The topological polar surface area (TPSA) is 0 Å². The van der Waals surface area contributed by atoms with Crippen LogP contribution >= 0.6 is 0 Å². The Kier molecular flexibility index (Phi) is 9.83. The first kappa shape index (κ1) is 34.1. The molecule has 0 saturated heterocycles. The first-order valence-corrected chi connectivity index (χ1v) is 36.6. The van der Waals surface area contributed by atoms with Gasteiger partial charge in [-0.05, 0) is 0 Å². The Morgan fingerprint density at radius 3 is 1.33 bits per heavy atom. The molecule has 2 aliphatic rings. The van der Waals surface area contributed by atoms with Crippen LogP contribution in [0.4, 0.5) is 0 Å². The average Bonchev–Trinajstić information content (AvgIpc) is 3.69. The maximum atomic E-state index is 2.84. The van der Waals surface area contributed by atoms with Gasteiger partial charge in [0.15, 0.2) is 0 Å². The number of allylic oxidation sites excluding steroid dienone is 2. The van der Waals surface area contributed by atoms with Crippen molar-refractivity contribution in [1.29, 1.82) is 0 Å². The predicted molar refractivity (Wildman–Crippen MR) is 215 cm³/mol. The van der Waals surface area contributed by atoms with Crippen molar-refractivity contribution in [2.75, 3.05) is 0 Å². The van der Waals surface area contributed by atoms with Crippen LogP contribution in [-0.4, -0.2) is 5.98 Å². The molecule has 3 unspecified atom stereocenters. The third-order valence-electron chi connectivity index (χ3n) is 12.9. The second-order valence-electron chi connectivity index (χ2n) is 15.3. The van der Waals surface area contributed by atoms with E-state index in [0.717, 1.165) is 0 Å². The monoisotopic (exact) mass is 825 g/mol. The number of rotatable bonds is 12. The zero-order valence-corrected chi connectivity index (χ0v) is 35.0. The molecule has 0 aromatic heterocycles. The van der Waals surface area contributed by atoms with E-state index in [4.69, 9.17) is 0 Å². The van der Waals surface area contributed by atoms with Gasteiger partial charge >= 0.3 is 300 Å². The summed E-state index contributed by atoms with van der Waals surface area (Å²) in [5.74, 6) is -1.55. The standard InChI is InChI=1S/2C16H13.C7H9Si.2C4H9.Hf/c2*1-12-10-14-8-5-9-15(16(14)11-12)13-6-3-2-4-7-13;1-8-7-5-3-2-4-6-7;2*1-3-4-2;/h2*2-11H,1H3;2-6,8H,1H3;2*1,3-4H2,2H3;. The Morgan fingerprint density at radius 1 is 0.510 bits per heavy atom. The van der Waals surface area contributed by atoms with Crippen molar-refractivity contribution >= 4 is 23.3 Å². The van der Waals surface area contributed by atoms with Gasteiger partial charge in [-0.1, -0.05) is 0 Å². The van der Waals surface area contributed by atoms with Gasteiger partial charge in [0.25, 0.3) is 0 Å². The zero-order chi connectivity index (χ0) is 34.0. The van der Waals surface area contributed by atoms with E-state index in [1.165, 1.54) is 67.4 Å². The third-order valence-corrected chi connectivity index (χ3v) is 81.7. The molecule has 0 nitrogen and oxygen atoms in total. The van der Waals surface area contributed by atoms with Crippen LogP contribution < -0.4 is 5.19 Å². The molecule has 0 amide bonds. The Bertz CT molecular complexity index is 1870. The molecule has 0 heterocycles. The van der Waals surface area contributed by atoms with Crippen molar-refractivity contribution in [2.24, 2.45) is 0 Å². The molecule has 0 bridgehead atoms. The molecule has 0 saturated carbocycles. The summed E-state index contributed by atoms with van der Waals surface area (Å²) in [6.07, 6.45) is 10.5. The normalized spacial score (nSPS) is 18.2. The van der Waals surface area contributed by atoms with Gasteiger partial charge < -0.3 is 0 Å². The minimum atomic E-state index is -4.39. The molecule has 5 aromatic rings. The van der Waals surface area contributed by atoms with Crippen LogP contribution in [0.2, 0.25) is 14.9 Å². The molecule has 3 atom stereocenters. The number of fused-ring (bicyclic) bond motifs is 2. The van der Waals surface area contributed by atoms with E-state index in [1.807, 2.05) is 0 Å². The molecule has 2 aliphatic carbocycles. The van der Waals surface area contributed by atoms with Gasteiger partial charge in [-0.15, -0.1) is 0 Å². The molecule has 0 radical (unpaired) electrons. The second kappa shape index (κ2) is 14.1. The Balaban J connectivity index is 1.58. The van der Waals surface area contributed by atoms with Crippen molar-refractivity contribution in [1.82, 2.24) is 0 Å². The zero-order valence-electron chi connectivity index (χ0n) is 30.3. The minimum absolute atomic E-state index is 0.551. The number of hydrogen-bond acceptors (Lipinski definition) is 0. The van der Waals surface area contributed by atoms with Crippen LogP contribution in [-0.2, 0) is 17.7 Å². The molecule has 0 aliphatic heterocycles. The fourth-order valence-electron chi connectivity index (χ4n) is 11.0. The number of unbranched alkanes of at least 4 members (excludes halogenated alkanes) is 2. The summed E-state index contributed by atoms with van der Waals surface area (Å²) >= 11 is -4.39. The quantitative estimate of drug-likeness (QED) is 0.110. The summed E-state index contributed by atoms with van der Waals surface area (Å²) in [5, 5.41) is 1.70. The van der Waals surface area contributed by atoms with Crippen molar-refractivity contribution in [2.45, 2.75) is 75.6 Å². The van der Waals surface area contributed by atoms with E-state index in [-0.39, 0.29) is 0 Å². The van der Waals surface area contributed by atoms with Gasteiger partial charge in [-0.2, -0.15) is 0 Å². The molecule has 2 heteroatoms. The van der Waals surface area contributed by atoms with Gasteiger partial charge in [0.05, 0.1) is 0 Å². The van der Waals surface area contributed by atoms with E-state index in [9.17, 15) is 0 Å². The van der Waals surface area contributed by atoms with Gasteiger partial charge in [0.1, 0.15) is 0 Å². The number of benzene rings is 5. The fraction of sp³-hybridized carbons (Fsp3) is 0.277. The van der Waals surface area contributed by atoms with Crippen LogP contribution in [0, 0.1) is 0 Å². The predicted octanol–water partition coefficient (Wildman–Crippen LogP) is 13.0. The van der Waals surface area contributed by atoms with Crippen LogP contribution in [0.25, 0.3) is 34.4 Å². The van der Waals surface area contributed by atoms with Crippen molar-refractivity contribution < 1.29 is 17.7 Å². The average molecular weight is 825 g/mol. The third kappa shape index (κ3) is 5.58. The maximum absolute atomic E-state index is 4.39. The summed E-state index contributed by atoms with van der Waals surface area (Å²) in [7, 11) is 0. The molecule has 0 fully saturated rings. The van der Waals surface area contributed by atoms with E-state index in [2.05, 4.69) is 174 Å². The van der Waals surface area contributed by atoms with Crippen LogP contribution in [0.5, 0.6) is 0 Å². The Hall–Kier alpha value is -3.33. The van der Waals surface area contributed by atoms with E-state index < -0.39 is 23.7 Å². The molecule has 249 valence electrons. The summed E-state index contributed by atoms with van der Waals surface area (Å²) < 4.78 is 4.00. The van der Waals surface area contributed by atoms with Crippen molar-refractivity contribution in [3.63, 3.8) is 0 Å². The van der Waals surface area contributed by atoms with Gasteiger partial charge in [0.2, 0.25) is 0 Å². The summed E-state index contributed by atoms with van der Waals surface area (Å²) in [6, 6.07) is 48.9.